The summed E-state index contributed by atoms with van der Waals surface area (Å²) in [5.74, 6) is 0. The lowest BCUT2D eigenvalue weighted by molar-refractivity contribution is 0.627. The van der Waals surface area contributed by atoms with Gasteiger partial charge in [0.1, 0.15) is 6.33 Å². The summed E-state index contributed by atoms with van der Waals surface area (Å²) in [4.78, 5) is 3.99. The van der Waals surface area contributed by atoms with Crippen LogP contribution >= 0.6 is 11.5 Å². The fourth-order valence-corrected chi connectivity index (χ4v) is 1.38. The third-order valence-corrected chi connectivity index (χ3v) is 2.16. The highest BCUT2D eigenvalue weighted by Gasteiger charge is 2.01. The van der Waals surface area contributed by atoms with Gasteiger partial charge >= 0.3 is 0 Å². The van der Waals surface area contributed by atoms with Crippen LogP contribution < -0.4 is 11.1 Å². The summed E-state index contributed by atoms with van der Waals surface area (Å²) < 4.78 is 3.87. The molecule has 0 bridgehead atoms. The Balaban J connectivity index is 2.17. The lowest BCUT2D eigenvalue weighted by atomic mass is 10.2. The number of nitrogens with one attached hydrogen (secondary N) is 1. The van der Waals surface area contributed by atoms with Gasteiger partial charge in [-0.25, -0.2) is 4.98 Å². The zero-order chi connectivity index (χ0) is 8.81. The van der Waals surface area contributed by atoms with Crippen molar-refractivity contribution in [2.75, 3.05) is 11.9 Å². The van der Waals surface area contributed by atoms with Crippen LogP contribution in [0.1, 0.15) is 19.8 Å². The Morgan fingerprint density at radius 1 is 1.75 bits per heavy atom. The molecule has 1 rings (SSSR count). The lowest BCUT2D eigenvalue weighted by Gasteiger charge is -2.09. The molecule has 0 aliphatic heterocycles. The van der Waals surface area contributed by atoms with Gasteiger partial charge in [-0.3, -0.25) is 0 Å². The number of hydrogen-bond donors (Lipinski definition) is 2. The van der Waals surface area contributed by atoms with Crippen molar-refractivity contribution in [3.8, 4) is 0 Å². The molecule has 1 aromatic rings. The van der Waals surface area contributed by atoms with Crippen LogP contribution in [-0.2, 0) is 0 Å². The van der Waals surface area contributed by atoms with Crippen LogP contribution in [-0.4, -0.2) is 21.9 Å². The molecule has 0 radical (unpaired) electrons. The van der Waals surface area contributed by atoms with Crippen LogP contribution in [0.3, 0.4) is 0 Å². The second-order valence-electron chi connectivity index (χ2n) is 2.68. The van der Waals surface area contributed by atoms with Gasteiger partial charge < -0.3 is 11.1 Å². The Morgan fingerprint density at radius 2 is 2.58 bits per heavy atom. The molecule has 0 saturated carbocycles. The third kappa shape index (κ3) is 3.15. The maximum atomic E-state index is 5.79. The molecule has 5 heteroatoms. The minimum absolute atomic E-state index is 0.221. The number of nitrogens with two attached hydrogens (primary N) is 1. The molecule has 0 amide bonds. The molecule has 0 aliphatic rings. The minimum atomic E-state index is 0.221. The summed E-state index contributed by atoms with van der Waals surface area (Å²) in [6, 6.07) is 0.221. The second-order valence-corrected chi connectivity index (χ2v) is 3.46. The Hall–Kier alpha value is -0.680. The topological polar surface area (TPSA) is 63.8 Å². The van der Waals surface area contributed by atoms with E-state index in [1.165, 1.54) is 11.5 Å². The van der Waals surface area contributed by atoms with E-state index < -0.39 is 0 Å². The zero-order valence-corrected chi connectivity index (χ0v) is 7.97. The molecule has 68 valence electrons. The summed E-state index contributed by atoms with van der Waals surface area (Å²) in [6.45, 7) is 2.91. The first-order valence-corrected chi connectivity index (χ1v) is 4.86. The van der Waals surface area contributed by atoms with Crippen molar-refractivity contribution in [3.05, 3.63) is 6.33 Å². The highest BCUT2D eigenvalue weighted by atomic mass is 32.1. The smallest absolute Gasteiger partial charge is 0.202 e. The average Bonchev–Trinajstić information content (AvgIpc) is 2.53. The van der Waals surface area contributed by atoms with E-state index in [4.69, 9.17) is 5.73 Å². The average molecular weight is 186 g/mol. The Labute approximate surface area is 76.4 Å². The molecule has 0 saturated heterocycles. The zero-order valence-electron chi connectivity index (χ0n) is 7.16. The SMILES string of the molecule is CCCC(N)CNc1ncns1. The van der Waals surface area contributed by atoms with Gasteiger partial charge in [0.25, 0.3) is 0 Å². The highest BCUT2D eigenvalue weighted by molar-refractivity contribution is 7.09. The molecule has 1 aromatic heterocycles. The molecular weight excluding hydrogens is 172 g/mol. The number of anilines is 1. The molecule has 1 unspecified atom stereocenters. The van der Waals surface area contributed by atoms with Crippen molar-refractivity contribution in [1.82, 2.24) is 9.36 Å². The molecule has 12 heavy (non-hydrogen) atoms. The Kier molecular flexibility index (Phi) is 3.96. The van der Waals surface area contributed by atoms with E-state index in [-0.39, 0.29) is 6.04 Å². The van der Waals surface area contributed by atoms with Gasteiger partial charge in [-0.2, -0.15) is 4.37 Å². The first-order valence-electron chi connectivity index (χ1n) is 4.09. The fourth-order valence-electron chi connectivity index (χ4n) is 0.942. The van der Waals surface area contributed by atoms with Gasteiger partial charge in [0.15, 0.2) is 0 Å². The van der Waals surface area contributed by atoms with Gasteiger partial charge in [-0.15, -0.1) is 0 Å². The number of rotatable bonds is 5. The Bertz CT molecular complexity index is 199. The molecule has 4 nitrogen and oxygen atoms in total. The summed E-state index contributed by atoms with van der Waals surface area (Å²) in [6.07, 6.45) is 3.71. The van der Waals surface area contributed by atoms with Crippen LogP contribution in [0.25, 0.3) is 0 Å². The van der Waals surface area contributed by atoms with Crippen molar-refractivity contribution in [3.63, 3.8) is 0 Å². The normalized spacial score (nSPS) is 12.8. The number of nitrogens with zero attached hydrogens (tertiary/aromatic N) is 2. The van der Waals surface area contributed by atoms with Crippen LogP contribution in [0, 0.1) is 0 Å². The van der Waals surface area contributed by atoms with Crippen molar-refractivity contribution in [2.45, 2.75) is 25.8 Å². The summed E-state index contributed by atoms with van der Waals surface area (Å²) >= 11 is 1.36. The van der Waals surface area contributed by atoms with E-state index in [0.717, 1.165) is 24.5 Å². The quantitative estimate of drug-likeness (QED) is 0.722. The predicted octanol–water partition coefficient (Wildman–Crippen LogP) is 1.08. The van der Waals surface area contributed by atoms with Gasteiger partial charge in [-0.05, 0) is 6.42 Å². The summed E-state index contributed by atoms with van der Waals surface area (Å²) in [5.41, 5.74) is 5.79. The minimum Gasteiger partial charge on any atom is -0.359 e. The molecule has 1 atom stereocenters. The predicted molar refractivity (Wildman–Crippen MR) is 51.3 cm³/mol. The van der Waals surface area contributed by atoms with Crippen molar-refractivity contribution >= 4 is 16.7 Å². The number of aromatic nitrogens is 2. The molecule has 3 N–H and O–H groups in total. The van der Waals surface area contributed by atoms with Crippen molar-refractivity contribution < 1.29 is 0 Å². The van der Waals surface area contributed by atoms with Gasteiger partial charge in [0, 0.05) is 24.1 Å². The van der Waals surface area contributed by atoms with E-state index in [1.807, 2.05) is 0 Å². The van der Waals surface area contributed by atoms with Gasteiger partial charge in [0.05, 0.1) is 0 Å². The molecule has 0 aromatic carbocycles. The van der Waals surface area contributed by atoms with Crippen LogP contribution in [0.15, 0.2) is 6.33 Å². The van der Waals surface area contributed by atoms with Gasteiger partial charge in [0.2, 0.25) is 5.13 Å². The van der Waals surface area contributed by atoms with E-state index >= 15 is 0 Å². The summed E-state index contributed by atoms with van der Waals surface area (Å²) in [7, 11) is 0. The lowest BCUT2D eigenvalue weighted by Crippen LogP contribution is -2.28. The van der Waals surface area contributed by atoms with Crippen LogP contribution in [0.4, 0.5) is 5.13 Å². The van der Waals surface area contributed by atoms with Crippen molar-refractivity contribution in [2.24, 2.45) is 5.73 Å². The van der Waals surface area contributed by atoms with Gasteiger partial charge in [-0.1, -0.05) is 13.3 Å². The molecule has 0 spiro atoms. The second kappa shape index (κ2) is 5.05. The maximum absolute atomic E-state index is 5.79. The van der Waals surface area contributed by atoms with Crippen LogP contribution in [0.2, 0.25) is 0 Å². The van der Waals surface area contributed by atoms with Crippen LogP contribution in [0.5, 0.6) is 0 Å². The van der Waals surface area contributed by atoms with E-state index in [0.29, 0.717) is 0 Å². The van der Waals surface area contributed by atoms with E-state index in [1.54, 1.807) is 6.33 Å². The van der Waals surface area contributed by atoms with Crippen molar-refractivity contribution in [1.29, 1.82) is 0 Å². The molecular formula is C7H14N4S. The first-order chi connectivity index (χ1) is 5.83. The monoisotopic (exact) mass is 186 g/mol. The summed E-state index contributed by atoms with van der Waals surface area (Å²) in [5, 5.41) is 3.98. The highest BCUT2D eigenvalue weighted by Crippen LogP contribution is 2.06. The molecule has 0 fully saturated rings. The van der Waals surface area contributed by atoms with E-state index in [2.05, 4.69) is 21.6 Å². The standard InChI is InChI=1S/C7H14N4S/c1-2-3-6(8)4-9-7-10-5-11-12-7/h5-6H,2-4,8H2,1H3,(H,9,10,11). The third-order valence-electron chi connectivity index (χ3n) is 1.54. The molecule has 0 aliphatic carbocycles. The largest absolute Gasteiger partial charge is 0.359 e. The Morgan fingerprint density at radius 3 is 3.17 bits per heavy atom. The van der Waals surface area contributed by atoms with E-state index in [9.17, 15) is 0 Å². The first kappa shape index (κ1) is 9.41. The maximum Gasteiger partial charge on any atom is 0.202 e. The molecule has 1 heterocycles. The fraction of sp³-hybridized carbons (Fsp3) is 0.714. The number of hydrogen-bond acceptors (Lipinski definition) is 5.